The van der Waals surface area contributed by atoms with Crippen LogP contribution >= 0.6 is 0 Å². The summed E-state index contributed by atoms with van der Waals surface area (Å²) in [7, 11) is 4.60. The van der Waals surface area contributed by atoms with Crippen LogP contribution in [0.25, 0.3) is 22.6 Å². The first-order chi connectivity index (χ1) is 16.4. The zero-order valence-electron chi connectivity index (χ0n) is 19.7. The van der Waals surface area contributed by atoms with Crippen LogP contribution in [0.2, 0.25) is 0 Å². The molecule has 176 valence electrons. The molecule has 0 aliphatic rings. The molecule has 0 bridgehead atoms. The minimum absolute atomic E-state index is 0.0359. The van der Waals surface area contributed by atoms with E-state index in [1.807, 2.05) is 12.1 Å². The average Bonchev–Trinajstić information content (AvgIpc) is 3.33. The first-order valence-corrected chi connectivity index (χ1v) is 10.7. The van der Waals surface area contributed by atoms with Crippen molar-refractivity contribution in [2.24, 2.45) is 0 Å². The lowest BCUT2D eigenvalue weighted by Gasteiger charge is -2.12. The summed E-state index contributed by atoms with van der Waals surface area (Å²) in [6.07, 6.45) is 0. The summed E-state index contributed by atoms with van der Waals surface area (Å²) < 4.78 is 22.8. The quantitative estimate of drug-likeness (QED) is 0.385. The first-order valence-electron chi connectivity index (χ1n) is 10.7. The Bertz CT molecular complexity index is 1320. The summed E-state index contributed by atoms with van der Waals surface area (Å²) in [6.45, 7) is 4.32. The Morgan fingerprint density at radius 2 is 1.59 bits per heavy atom. The number of nitrogens with zero attached hydrogens (tertiary/aromatic N) is 4. The molecule has 0 aliphatic carbocycles. The van der Waals surface area contributed by atoms with Gasteiger partial charge in [-0.25, -0.2) is 4.68 Å². The molecule has 9 heteroatoms. The number of hydrogen-bond acceptors (Lipinski definition) is 8. The summed E-state index contributed by atoms with van der Waals surface area (Å²) in [5.41, 5.74) is 3.18. The summed E-state index contributed by atoms with van der Waals surface area (Å²) in [6, 6.07) is 14.8. The molecule has 4 aromatic rings. The van der Waals surface area contributed by atoms with Gasteiger partial charge < -0.3 is 18.7 Å². The second-order valence-corrected chi connectivity index (χ2v) is 7.92. The van der Waals surface area contributed by atoms with Crippen molar-refractivity contribution in [1.82, 2.24) is 19.9 Å². The smallest absolute Gasteiger partial charge is 0.267 e. The van der Waals surface area contributed by atoms with Gasteiger partial charge in [0.1, 0.15) is 6.54 Å². The molecule has 2 aromatic heterocycles. The van der Waals surface area contributed by atoms with Gasteiger partial charge in [-0.3, -0.25) is 4.79 Å². The molecule has 0 aliphatic heterocycles. The van der Waals surface area contributed by atoms with Crippen molar-refractivity contribution in [3.8, 4) is 39.9 Å². The van der Waals surface area contributed by atoms with E-state index in [4.69, 9.17) is 18.7 Å². The Balaban J connectivity index is 1.61. The molecule has 4 rings (SSSR count). The highest BCUT2D eigenvalue weighted by molar-refractivity contribution is 5.66. The van der Waals surface area contributed by atoms with Gasteiger partial charge in [0.25, 0.3) is 5.56 Å². The number of benzene rings is 2. The van der Waals surface area contributed by atoms with Crippen LogP contribution in [0.4, 0.5) is 0 Å². The molecule has 0 fully saturated rings. The molecule has 0 amide bonds. The van der Waals surface area contributed by atoms with Crippen LogP contribution in [0, 0.1) is 0 Å². The number of methoxy groups -OCH3 is 3. The van der Waals surface area contributed by atoms with Crippen molar-refractivity contribution in [1.29, 1.82) is 0 Å². The molecule has 0 unspecified atom stereocenters. The molecule has 0 saturated heterocycles. The van der Waals surface area contributed by atoms with Crippen molar-refractivity contribution in [3.05, 3.63) is 70.3 Å². The molecule has 0 atom stereocenters. The molecular formula is C25H26N4O5. The predicted octanol–water partition coefficient (Wildman–Crippen LogP) is 4.16. The monoisotopic (exact) mass is 462 g/mol. The Morgan fingerprint density at radius 3 is 2.18 bits per heavy atom. The maximum Gasteiger partial charge on any atom is 0.267 e. The molecule has 0 N–H and O–H groups in total. The molecule has 9 nitrogen and oxygen atoms in total. The Hall–Kier alpha value is -4.14. The summed E-state index contributed by atoms with van der Waals surface area (Å²) in [4.78, 5) is 16.9. The Kier molecular flexibility index (Phi) is 6.62. The van der Waals surface area contributed by atoms with Crippen LogP contribution in [0.1, 0.15) is 31.2 Å². The van der Waals surface area contributed by atoms with Crippen molar-refractivity contribution in [2.45, 2.75) is 26.3 Å². The third-order valence-corrected chi connectivity index (χ3v) is 5.42. The predicted molar refractivity (Wildman–Crippen MR) is 127 cm³/mol. The van der Waals surface area contributed by atoms with E-state index in [1.165, 1.54) is 37.6 Å². The lowest BCUT2D eigenvalue weighted by molar-refractivity contribution is 0.324. The van der Waals surface area contributed by atoms with E-state index < -0.39 is 0 Å². The molecule has 2 heterocycles. The number of ether oxygens (including phenoxy) is 3. The van der Waals surface area contributed by atoms with Crippen LogP contribution < -0.4 is 19.8 Å². The lowest BCUT2D eigenvalue weighted by atomic mass is 10.0. The van der Waals surface area contributed by atoms with E-state index in [-0.39, 0.29) is 18.0 Å². The van der Waals surface area contributed by atoms with Gasteiger partial charge in [-0.2, -0.15) is 10.1 Å². The van der Waals surface area contributed by atoms with Gasteiger partial charge >= 0.3 is 0 Å². The van der Waals surface area contributed by atoms with Crippen molar-refractivity contribution < 1.29 is 18.7 Å². The average molecular weight is 463 g/mol. The fraction of sp³-hybridized carbons (Fsp3) is 0.280. The van der Waals surface area contributed by atoms with Gasteiger partial charge in [-0.1, -0.05) is 43.3 Å². The van der Waals surface area contributed by atoms with E-state index in [9.17, 15) is 4.79 Å². The molecule has 34 heavy (non-hydrogen) atoms. The van der Waals surface area contributed by atoms with Crippen LogP contribution in [0.3, 0.4) is 0 Å². The fourth-order valence-electron chi connectivity index (χ4n) is 3.53. The summed E-state index contributed by atoms with van der Waals surface area (Å²) in [5.74, 6) is 2.41. The van der Waals surface area contributed by atoms with E-state index in [2.05, 4.69) is 41.2 Å². The molecule has 0 spiro atoms. The van der Waals surface area contributed by atoms with Crippen molar-refractivity contribution in [2.75, 3.05) is 21.3 Å². The van der Waals surface area contributed by atoms with Crippen molar-refractivity contribution in [3.63, 3.8) is 0 Å². The van der Waals surface area contributed by atoms with Gasteiger partial charge in [0.05, 0.1) is 27.0 Å². The zero-order valence-corrected chi connectivity index (χ0v) is 19.7. The molecule has 0 radical (unpaired) electrons. The highest BCUT2D eigenvalue weighted by atomic mass is 16.5. The Morgan fingerprint density at radius 1 is 0.912 bits per heavy atom. The van der Waals surface area contributed by atoms with E-state index in [0.717, 1.165) is 5.56 Å². The number of rotatable bonds is 8. The first kappa shape index (κ1) is 23.0. The van der Waals surface area contributed by atoms with Gasteiger partial charge in [-0.15, -0.1) is 0 Å². The molecule has 2 aromatic carbocycles. The van der Waals surface area contributed by atoms with Gasteiger partial charge in [-0.05, 0) is 29.7 Å². The zero-order chi connectivity index (χ0) is 24.2. The minimum Gasteiger partial charge on any atom is -0.493 e. The third kappa shape index (κ3) is 4.63. The summed E-state index contributed by atoms with van der Waals surface area (Å²) >= 11 is 0. The second kappa shape index (κ2) is 9.78. The molecular weight excluding hydrogens is 436 g/mol. The number of hydrogen-bond donors (Lipinski definition) is 0. The highest BCUT2D eigenvalue weighted by Crippen LogP contribution is 2.40. The van der Waals surface area contributed by atoms with E-state index >= 15 is 0 Å². The highest BCUT2D eigenvalue weighted by Gasteiger charge is 2.18. The SMILES string of the molecule is COc1cc(-c2noc(Cn3nc(-c4ccc(C(C)C)cc4)ccc3=O)n2)cc(OC)c1OC. The largest absolute Gasteiger partial charge is 0.493 e. The second-order valence-electron chi connectivity index (χ2n) is 7.92. The van der Waals surface area contributed by atoms with E-state index in [1.54, 1.807) is 18.2 Å². The topological polar surface area (TPSA) is 102 Å². The Labute approximate surface area is 196 Å². The van der Waals surface area contributed by atoms with Crippen LogP contribution in [0.15, 0.2) is 57.8 Å². The van der Waals surface area contributed by atoms with E-state index in [0.29, 0.717) is 40.2 Å². The van der Waals surface area contributed by atoms with Crippen LogP contribution in [0.5, 0.6) is 17.2 Å². The standard InChI is InChI=1S/C25H26N4O5/c1-15(2)16-6-8-17(9-7-16)19-10-11-23(30)29(27-19)14-22-26-25(28-34-22)18-12-20(31-3)24(33-5)21(13-18)32-4/h6-13,15H,14H2,1-5H3. The van der Waals surface area contributed by atoms with Gasteiger partial charge in [0, 0.05) is 17.2 Å². The minimum atomic E-state index is -0.268. The normalized spacial score (nSPS) is 11.0. The maximum absolute atomic E-state index is 12.4. The fourth-order valence-corrected chi connectivity index (χ4v) is 3.53. The lowest BCUT2D eigenvalue weighted by Crippen LogP contribution is -2.23. The van der Waals surface area contributed by atoms with Gasteiger partial charge in [0.15, 0.2) is 11.5 Å². The molecule has 0 saturated carbocycles. The number of aromatic nitrogens is 4. The third-order valence-electron chi connectivity index (χ3n) is 5.42. The van der Waals surface area contributed by atoms with Gasteiger partial charge in [0.2, 0.25) is 17.5 Å². The maximum atomic E-state index is 12.4. The van der Waals surface area contributed by atoms with Crippen LogP contribution in [-0.4, -0.2) is 41.3 Å². The van der Waals surface area contributed by atoms with Crippen molar-refractivity contribution >= 4 is 0 Å². The van der Waals surface area contributed by atoms with Crippen LogP contribution in [-0.2, 0) is 6.54 Å². The summed E-state index contributed by atoms with van der Waals surface area (Å²) in [5, 5.41) is 8.54.